The van der Waals surface area contributed by atoms with Crippen molar-refractivity contribution < 1.29 is 13.5 Å². The van der Waals surface area contributed by atoms with E-state index in [0.717, 1.165) is 18.4 Å². The third kappa shape index (κ3) is 8.72. The summed E-state index contributed by atoms with van der Waals surface area (Å²) in [6.07, 6.45) is 5.66. The van der Waals surface area contributed by atoms with Crippen molar-refractivity contribution in [2.75, 3.05) is 5.75 Å². The van der Waals surface area contributed by atoms with Crippen molar-refractivity contribution in [2.24, 2.45) is 0 Å². The lowest BCUT2D eigenvalue weighted by Crippen LogP contribution is -2.07. The molecular weight excluding hydrogens is 332 g/mol. The van der Waals surface area contributed by atoms with Crippen LogP contribution in [-0.2, 0) is 9.84 Å². The molecule has 0 bridgehead atoms. The summed E-state index contributed by atoms with van der Waals surface area (Å²) in [6, 6.07) is 6.69. The van der Waals surface area contributed by atoms with Gasteiger partial charge in [-0.15, -0.1) is 0 Å². The largest absolute Gasteiger partial charge is 0.380 e. The molecule has 4 heteroatoms. The van der Waals surface area contributed by atoms with Gasteiger partial charge in [-0.2, -0.15) is 0 Å². The first kappa shape index (κ1) is 21.2. The highest BCUT2D eigenvalue weighted by Gasteiger charge is 2.12. The molecule has 3 nitrogen and oxygen atoms in total. The fourth-order valence-corrected chi connectivity index (χ4v) is 3.14. The smallest absolute Gasteiger partial charge is 0.189 e. The quantitative estimate of drug-likeness (QED) is 0.585. The van der Waals surface area contributed by atoms with E-state index in [9.17, 15) is 13.5 Å². The van der Waals surface area contributed by atoms with Gasteiger partial charge >= 0.3 is 0 Å². The van der Waals surface area contributed by atoms with E-state index in [1.54, 1.807) is 24.3 Å². The molecule has 1 rings (SSSR count). The summed E-state index contributed by atoms with van der Waals surface area (Å²) in [7, 11) is -3.43. The van der Waals surface area contributed by atoms with Crippen LogP contribution in [0.1, 0.15) is 45.6 Å². The number of aryl methyl sites for hydroxylation is 1. The van der Waals surface area contributed by atoms with Crippen LogP contribution in [0.15, 0.2) is 52.5 Å². The van der Waals surface area contributed by atoms with Gasteiger partial charge in [0, 0.05) is 6.42 Å². The van der Waals surface area contributed by atoms with E-state index < -0.39 is 15.9 Å². The van der Waals surface area contributed by atoms with Crippen molar-refractivity contribution in [1.82, 2.24) is 0 Å². The monoisotopic (exact) mass is 360 g/mol. The Bertz CT molecular complexity index is 769. The lowest BCUT2D eigenvalue weighted by molar-refractivity contribution is 0.236. The van der Waals surface area contributed by atoms with Gasteiger partial charge in [-0.05, 0) is 52.7 Å². The fourth-order valence-electron chi connectivity index (χ4n) is 2.15. The molecule has 0 aromatic heterocycles. The minimum absolute atomic E-state index is 0.261. The van der Waals surface area contributed by atoms with Crippen LogP contribution < -0.4 is 0 Å². The summed E-state index contributed by atoms with van der Waals surface area (Å²) < 4.78 is 24.3. The van der Waals surface area contributed by atoms with Crippen molar-refractivity contribution in [3.05, 3.63) is 53.1 Å². The molecule has 0 fully saturated rings. The number of hydrogen-bond acceptors (Lipinski definition) is 3. The zero-order chi connectivity index (χ0) is 18.9. The SMILES string of the molecule is CC(C)=CCC/C(C)=C/CC(O)C#CCS(=O)(=O)c1ccc(C)cc1. The molecule has 0 aliphatic rings. The van der Waals surface area contributed by atoms with E-state index in [1.807, 2.05) is 19.9 Å². The Morgan fingerprint density at radius 3 is 2.40 bits per heavy atom. The minimum Gasteiger partial charge on any atom is -0.380 e. The normalized spacial score (nSPS) is 12.9. The Labute approximate surface area is 152 Å². The Morgan fingerprint density at radius 2 is 1.80 bits per heavy atom. The topological polar surface area (TPSA) is 54.4 Å². The van der Waals surface area contributed by atoms with Crippen molar-refractivity contribution in [3.8, 4) is 11.8 Å². The van der Waals surface area contributed by atoms with Gasteiger partial charge in [-0.1, -0.05) is 52.8 Å². The maximum absolute atomic E-state index is 12.2. The molecule has 0 saturated heterocycles. The van der Waals surface area contributed by atoms with Crippen molar-refractivity contribution in [3.63, 3.8) is 0 Å². The Kier molecular flexibility index (Phi) is 8.68. The standard InChI is InChI=1S/C21H28O3S/c1-17(2)7-5-8-18(3)10-13-20(22)9-6-16-25(23,24)21-14-11-19(4)12-15-21/h7,10-12,14-15,20,22H,5,8,13,16H2,1-4H3/b18-10+. The third-order valence-corrected chi connectivity index (χ3v) is 5.21. The van der Waals surface area contributed by atoms with Gasteiger partial charge in [0.2, 0.25) is 0 Å². The minimum atomic E-state index is -3.43. The first-order valence-corrected chi connectivity index (χ1v) is 10.1. The van der Waals surface area contributed by atoms with E-state index in [1.165, 1.54) is 11.1 Å². The molecule has 1 N–H and O–H groups in total. The molecule has 0 saturated carbocycles. The van der Waals surface area contributed by atoms with Crippen molar-refractivity contribution in [2.45, 2.75) is 58.0 Å². The second kappa shape index (κ2) is 10.2. The van der Waals surface area contributed by atoms with Gasteiger partial charge < -0.3 is 5.11 Å². The number of allylic oxidation sites excluding steroid dienone is 3. The number of aliphatic hydroxyl groups is 1. The fraction of sp³-hybridized carbons (Fsp3) is 0.429. The number of aliphatic hydroxyl groups excluding tert-OH is 1. The lowest BCUT2D eigenvalue weighted by atomic mass is 10.1. The molecule has 0 radical (unpaired) electrons. The van der Waals surface area contributed by atoms with E-state index in [4.69, 9.17) is 0 Å². The van der Waals surface area contributed by atoms with Crippen LogP contribution in [0.2, 0.25) is 0 Å². The molecule has 25 heavy (non-hydrogen) atoms. The van der Waals surface area contributed by atoms with Crippen LogP contribution in [0.5, 0.6) is 0 Å². The number of hydrogen-bond donors (Lipinski definition) is 1. The predicted molar refractivity (Wildman–Crippen MR) is 104 cm³/mol. The van der Waals surface area contributed by atoms with Gasteiger partial charge in [-0.3, -0.25) is 0 Å². The average molecular weight is 361 g/mol. The van der Waals surface area contributed by atoms with Gasteiger partial charge in [0.15, 0.2) is 9.84 Å². The third-order valence-electron chi connectivity index (χ3n) is 3.69. The highest BCUT2D eigenvalue weighted by Crippen LogP contribution is 2.12. The Balaban J connectivity index is 2.54. The van der Waals surface area contributed by atoms with Gasteiger partial charge in [0.25, 0.3) is 0 Å². The highest BCUT2D eigenvalue weighted by molar-refractivity contribution is 7.91. The lowest BCUT2D eigenvalue weighted by Gasteiger charge is -2.02. The van der Waals surface area contributed by atoms with Crippen LogP contribution in [0.4, 0.5) is 0 Å². The molecule has 1 atom stereocenters. The number of rotatable bonds is 7. The summed E-state index contributed by atoms with van der Waals surface area (Å²) in [6.45, 7) is 8.08. The molecule has 1 aromatic carbocycles. The van der Waals surface area contributed by atoms with Crippen molar-refractivity contribution in [1.29, 1.82) is 0 Å². The molecule has 136 valence electrons. The van der Waals surface area contributed by atoms with Crippen LogP contribution in [0, 0.1) is 18.8 Å². The zero-order valence-electron chi connectivity index (χ0n) is 15.5. The maximum Gasteiger partial charge on any atom is 0.189 e. The highest BCUT2D eigenvalue weighted by atomic mass is 32.2. The summed E-state index contributed by atoms with van der Waals surface area (Å²) >= 11 is 0. The summed E-state index contributed by atoms with van der Waals surface area (Å²) in [5, 5.41) is 9.89. The van der Waals surface area contributed by atoms with Crippen LogP contribution in [-0.4, -0.2) is 25.4 Å². The molecule has 0 amide bonds. The van der Waals surface area contributed by atoms with Crippen LogP contribution in [0.3, 0.4) is 0 Å². The Morgan fingerprint density at radius 1 is 1.16 bits per heavy atom. The average Bonchev–Trinajstić information content (AvgIpc) is 2.53. The first-order valence-electron chi connectivity index (χ1n) is 8.45. The number of benzene rings is 1. The van der Waals surface area contributed by atoms with E-state index >= 15 is 0 Å². The molecule has 0 heterocycles. The second-order valence-electron chi connectivity index (χ2n) is 6.52. The molecule has 0 spiro atoms. The Hall–Kier alpha value is -1.83. The molecule has 0 aliphatic carbocycles. The summed E-state index contributed by atoms with van der Waals surface area (Å²) in [4.78, 5) is 0.261. The van der Waals surface area contributed by atoms with E-state index in [-0.39, 0.29) is 10.6 Å². The molecule has 1 unspecified atom stereocenters. The van der Waals surface area contributed by atoms with Crippen molar-refractivity contribution >= 4 is 9.84 Å². The predicted octanol–water partition coefficient (Wildman–Crippen LogP) is 4.22. The van der Waals surface area contributed by atoms with E-state index in [0.29, 0.717) is 6.42 Å². The first-order chi connectivity index (χ1) is 11.7. The summed E-state index contributed by atoms with van der Waals surface area (Å²) in [5.74, 6) is 4.93. The molecule has 1 aromatic rings. The van der Waals surface area contributed by atoms with Crippen LogP contribution in [0.25, 0.3) is 0 Å². The maximum atomic E-state index is 12.2. The van der Waals surface area contributed by atoms with E-state index in [2.05, 4.69) is 31.8 Å². The molecule has 0 aliphatic heterocycles. The second-order valence-corrected chi connectivity index (χ2v) is 8.50. The van der Waals surface area contributed by atoms with Crippen LogP contribution >= 0.6 is 0 Å². The zero-order valence-corrected chi connectivity index (χ0v) is 16.4. The van der Waals surface area contributed by atoms with Gasteiger partial charge in [-0.25, -0.2) is 8.42 Å². The summed E-state index contributed by atoms with van der Waals surface area (Å²) in [5.41, 5.74) is 3.51. The van der Waals surface area contributed by atoms with Gasteiger partial charge in [0.05, 0.1) is 4.90 Å². The number of sulfone groups is 1. The van der Waals surface area contributed by atoms with Gasteiger partial charge in [0.1, 0.15) is 11.9 Å². The molecular formula is C21H28O3S.